The molecular weight excluding hydrogens is 1230 g/mol. The van der Waals surface area contributed by atoms with Crippen molar-refractivity contribution in [2.24, 2.45) is 41.4 Å². The Morgan fingerprint density at radius 1 is 0.632 bits per heavy atom. The van der Waals surface area contributed by atoms with Crippen LogP contribution in [0.2, 0.25) is 0 Å². The van der Waals surface area contributed by atoms with Gasteiger partial charge in [0.1, 0.15) is 12.2 Å². The molecule has 22 heteroatoms. The SMILES string of the molecule is CCC(C)CCCC1C=C(C)C(O)CC(O)CCCC(O)C(C)C(O)CC=CC=C(C)C(O)C(C)C2CC(O[C@@H]3O[C@H](C)[C@@H](O)[C@H](N(C)C)[C@H]3O)C(C)C(O)(CC(=O)OC(C)C=CC(O)CC(O)CCCC(O)C(C)C(O)CCC(C)C(O)CC(O)CC(O)CCCC1O)O2. The summed E-state index contributed by atoms with van der Waals surface area (Å²) >= 11 is 0. The number of aliphatic hydroxyl groups excluding tert-OH is 15. The Morgan fingerprint density at radius 2 is 1.20 bits per heavy atom. The fourth-order valence-corrected chi connectivity index (χ4v) is 13.5. The highest BCUT2D eigenvalue weighted by molar-refractivity contribution is 5.71. The van der Waals surface area contributed by atoms with Gasteiger partial charge < -0.3 is 106 Å². The second-order valence-corrected chi connectivity index (χ2v) is 29.6. The molecule has 0 aliphatic carbocycles. The Kier molecular flexibility index (Phi) is 39.7. The number of nitrogens with zero attached hydrogens (tertiary/aromatic N) is 1. The molecule has 3 heterocycles. The highest BCUT2D eigenvalue weighted by Gasteiger charge is 2.53. The van der Waals surface area contributed by atoms with Crippen molar-refractivity contribution in [2.75, 3.05) is 14.1 Å². The van der Waals surface area contributed by atoms with Crippen LogP contribution in [-0.2, 0) is 23.7 Å². The van der Waals surface area contributed by atoms with Crippen LogP contribution in [0.3, 0.4) is 0 Å². The Bertz CT molecular complexity index is 2240. The summed E-state index contributed by atoms with van der Waals surface area (Å²) in [5, 5.41) is 179. The zero-order valence-electron chi connectivity index (χ0n) is 59.8. The molecule has 0 radical (unpaired) electrons. The maximum absolute atomic E-state index is 13.7. The van der Waals surface area contributed by atoms with Gasteiger partial charge in [-0.25, -0.2) is 0 Å². The fraction of sp³-hybridized carbons (Fsp3) is 0.877. The number of aliphatic hydroxyl groups is 16. The van der Waals surface area contributed by atoms with Crippen molar-refractivity contribution in [1.29, 1.82) is 0 Å². The molecule has 24 unspecified atom stereocenters. The van der Waals surface area contributed by atoms with Gasteiger partial charge in [0, 0.05) is 48.9 Å². The van der Waals surface area contributed by atoms with Gasteiger partial charge in [0.15, 0.2) is 12.1 Å². The van der Waals surface area contributed by atoms with E-state index in [4.69, 9.17) is 18.9 Å². The number of carbonyl (C=O) groups excluding carboxylic acids is 1. The minimum absolute atomic E-state index is 0.0118. The van der Waals surface area contributed by atoms with E-state index in [2.05, 4.69) is 13.8 Å². The van der Waals surface area contributed by atoms with E-state index in [9.17, 15) is 86.5 Å². The number of carbonyl (C=O) groups is 1. The van der Waals surface area contributed by atoms with E-state index < -0.39 is 170 Å². The monoisotopic (exact) mass is 1360 g/mol. The normalized spacial score (nSPS) is 42.5. The summed E-state index contributed by atoms with van der Waals surface area (Å²) in [4.78, 5) is 15.4. The molecule has 2 fully saturated rings. The molecule has 0 spiro atoms. The van der Waals surface area contributed by atoms with Gasteiger partial charge in [0.05, 0.1) is 116 Å². The molecule has 2 bridgehead atoms. The lowest BCUT2D eigenvalue weighted by Gasteiger charge is -2.50. The molecule has 3 aliphatic heterocycles. The molecule has 0 aromatic heterocycles. The predicted molar refractivity (Wildman–Crippen MR) is 364 cm³/mol. The topological polar surface area (TPSA) is 381 Å². The standard InChI is InChI=1S/C73H133NO21/c1-14-42(2)21-17-23-52-35-45(5)64(86)38-55(77)26-19-29-59(81)47(7)58(80)27-16-15-22-44(4)69(88)49(9)65-40-66(94-72-71(90)68(74(12)13)70(89)51(11)93-72)50(10)73(91,95-65)41-67(87)92-46(6)32-33-56(78)36-53(75)24-18-28-60(82)48(8)61(83)34-31-43(3)63(85)39-57(79)37-54(76)25-20-30-62(52)84/h15-16,22,32-33,35,42-43,46-66,68-72,75-86,88-91H,14,17-21,23-31,34,36-41H2,1-13H3/t42?,43?,46?,47?,48?,49?,50?,51-,52?,53?,54?,55?,56?,57?,58?,59?,60?,61?,62?,63?,64?,65?,66?,68+,69?,70-,71-,72+,73?/m1/s1. The van der Waals surface area contributed by atoms with Crippen LogP contribution in [0.15, 0.2) is 47.6 Å². The molecule has 0 saturated carbocycles. The van der Waals surface area contributed by atoms with Gasteiger partial charge in [0.25, 0.3) is 0 Å². The molecule has 0 amide bonds. The van der Waals surface area contributed by atoms with Crippen LogP contribution in [-0.4, -0.2) is 241 Å². The second kappa shape index (κ2) is 43.4. The second-order valence-electron chi connectivity index (χ2n) is 29.6. The number of allylic oxidation sites excluding steroid dienone is 2. The highest BCUT2D eigenvalue weighted by atomic mass is 16.7. The van der Waals surface area contributed by atoms with Gasteiger partial charge in [0.2, 0.25) is 0 Å². The molecule has 3 rings (SSSR count). The molecule has 0 aromatic rings. The van der Waals surface area contributed by atoms with Gasteiger partial charge in [-0.2, -0.15) is 0 Å². The summed E-state index contributed by atoms with van der Waals surface area (Å²) in [6, 6.07) is -0.776. The van der Waals surface area contributed by atoms with Crippen molar-refractivity contribution >= 4 is 5.97 Å². The van der Waals surface area contributed by atoms with Crippen molar-refractivity contribution < 1.29 is 105 Å². The van der Waals surface area contributed by atoms with Gasteiger partial charge in [-0.05, 0) is 167 Å². The summed E-state index contributed by atoms with van der Waals surface area (Å²) in [7, 11) is 3.41. The first-order valence-corrected chi connectivity index (χ1v) is 36.0. The summed E-state index contributed by atoms with van der Waals surface area (Å²) in [6.07, 6.45) is -3.01. The number of hydrogen-bond acceptors (Lipinski definition) is 22. The van der Waals surface area contributed by atoms with E-state index >= 15 is 0 Å². The summed E-state index contributed by atoms with van der Waals surface area (Å²) in [5.41, 5.74) is 1.12. The molecular formula is C73H133NO21. The van der Waals surface area contributed by atoms with Crippen LogP contribution in [0.5, 0.6) is 0 Å². The van der Waals surface area contributed by atoms with Crippen LogP contribution in [0.4, 0.5) is 0 Å². The first-order valence-electron chi connectivity index (χ1n) is 36.0. The maximum Gasteiger partial charge on any atom is 0.311 e. The average molecular weight is 1360 g/mol. The van der Waals surface area contributed by atoms with Gasteiger partial charge in [-0.15, -0.1) is 0 Å². The number of ether oxygens (including phenoxy) is 4. The number of hydrogen-bond donors (Lipinski definition) is 16. The fourth-order valence-electron chi connectivity index (χ4n) is 13.5. The lowest BCUT2D eigenvalue weighted by atomic mass is 9.80. The van der Waals surface area contributed by atoms with E-state index in [1.165, 1.54) is 12.2 Å². The summed E-state index contributed by atoms with van der Waals surface area (Å²) in [5.74, 6) is -5.99. The van der Waals surface area contributed by atoms with E-state index in [0.717, 1.165) is 19.3 Å². The summed E-state index contributed by atoms with van der Waals surface area (Å²) in [6.45, 7) is 19.6. The lowest BCUT2D eigenvalue weighted by molar-refractivity contribution is -0.351. The number of likely N-dealkylation sites (N-methyl/N-ethyl adjacent to an activating group) is 1. The third kappa shape index (κ3) is 30.0. The van der Waals surface area contributed by atoms with Crippen LogP contribution in [0.25, 0.3) is 0 Å². The molecule has 0 aromatic carbocycles. The Balaban J connectivity index is 1.85. The minimum Gasteiger partial charge on any atom is -0.458 e. The van der Waals surface area contributed by atoms with Crippen LogP contribution >= 0.6 is 0 Å². The van der Waals surface area contributed by atoms with Crippen molar-refractivity contribution in [3.05, 3.63) is 47.6 Å². The first kappa shape index (κ1) is 86.8. The van der Waals surface area contributed by atoms with Gasteiger partial charge >= 0.3 is 5.97 Å². The van der Waals surface area contributed by atoms with Crippen LogP contribution in [0, 0.1) is 41.4 Å². The molecule has 22 nitrogen and oxygen atoms in total. The van der Waals surface area contributed by atoms with E-state index in [0.29, 0.717) is 68.4 Å². The predicted octanol–water partition coefficient (Wildman–Crippen LogP) is 5.53. The van der Waals surface area contributed by atoms with E-state index in [1.54, 1.807) is 92.6 Å². The van der Waals surface area contributed by atoms with Gasteiger partial charge in [-0.3, -0.25) is 4.79 Å². The molecule has 16 N–H and O–H groups in total. The van der Waals surface area contributed by atoms with E-state index in [1.807, 2.05) is 13.0 Å². The Labute approximate surface area is 568 Å². The average Bonchev–Trinajstić information content (AvgIpc) is 0.772. The van der Waals surface area contributed by atoms with Gasteiger partial charge in [-0.1, -0.05) is 98.1 Å². The third-order valence-electron chi connectivity index (χ3n) is 21.2. The molecule has 556 valence electrons. The van der Waals surface area contributed by atoms with Crippen LogP contribution in [0.1, 0.15) is 217 Å². The Hall–Kier alpha value is -2.37. The Morgan fingerprint density at radius 3 is 1.80 bits per heavy atom. The molecule has 29 atom stereocenters. The van der Waals surface area contributed by atoms with Crippen LogP contribution < -0.4 is 0 Å². The third-order valence-corrected chi connectivity index (χ3v) is 21.2. The smallest absolute Gasteiger partial charge is 0.311 e. The van der Waals surface area contributed by atoms with Crippen molar-refractivity contribution in [3.63, 3.8) is 0 Å². The first-order chi connectivity index (χ1) is 44.5. The minimum atomic E-state index is -2.25. The molecule has 3 aliphatic rings. The maximum atomic E-state index is 13.7. The van der Waals surface area contributed by atoms with Crippen molar-refractivity contribution in [2.45, 2.75) is 352 Å². The van der Waals surface area contributed by atoms with Crippen molar-refractivity contribution in [1.82, 2.24) is 4.90 Å². The summed E-state index contributed by atoms with van der Waals surface area (Å²) < 4.78 is 24.5. The van der Waals surface area contributed by atoms with E-state index in [-0.39, 0.29) is 76.0 Å². The number of esters is 1. The quantitative estimate of drug-likeness (QED) is 0.105. The highest BCUT2D eigenvalue weighted by Crippen LogP contribution is 2.42. The molecule has 2 saturated heterocycles. The zero-order valence-corrected chi connectivity index (χ0v) is 59.8. The number of rotatable bonds is 8. The number of cyclic esters (lactones) is 1. The number of fused-ring (bicyclic) bond motifs is 2. The zero-order chi connectivity index (χ0) is 71.6. The lowest BCUT2D eigenvalue weighted by Crippen LogP contribution is -2.64. The van der Waals surface area contributed by atoms with Crippen molar-refractivity contribution in [3.8, 4) is 0 Å². The largest absolute Gasteiger partial charge is 0.458 e. The molecule has 95 heavy (non-hydrogen) atoms.